The molecule has 75 valence electrons. The molecule has 1 radical (unpaired) electrons. The zero-order valence-electron chi connectivity index (χ0n) is 8.24. The molecule has 1 aromatic rings. The second-order valence-corrected chi connectivity index (χ2v) is 3.53. The third-order valence-electron chi connectivity index (χ3n) is 2.43. The molecule has 0 aliphatic carbocycles. The van der Waals surface area contributed by atoms with Crippen molar-refractivity contribution in [2.75, 3.05) is 13.2 Å². The van der Waals surface area contributed by atoms with Crippen LogP contribution >= 0.6 is 0 Å². The van der Waals surface area contributed by atoms with E-state index in [0.29, 0.717) is 12.7 Å². The van der Waals surface area contributed by atoms with Crippen LogP contribution in [0.15, 0.2) is 24.3 Å². The lowest BCUT2D eigenvalue weighted by Gasteiger charge is -2.22. The van der Waals surface area contributed by atoms with Gasteiger partial charge in [-0.25, -0.2) is 0 Å². The first-order valence-electron chi connectivity index (χ1n) is 5.09. The lowest BCUT2D eigenvalue weighted by Crippen LogP contribution is -2.23. The van der Waals surface area contributed by atoms with Gasteiger partial charge in [0.25, 0.3) is 0 Å². The van der Waals surface area contributed by atoms with Gasteiger partial charge in [-0.2, -0.15) is 0 Å². The van der Waals surface area contributed by atoms with E-state index in [2.05, 4.69) is 12.1 Å². The molecule has 0 amide bonds. The summed E-state index contributed by atoms with van der Waals surface area (Å²) in [5.41, 5.74) is 1.19. The molecule has 0 atom stereocenters. The van der Waals surface area contributed by atoms with Crippen molar-refractivity contribution >= 4 is 0 Å². The number of ether oxygens (including phenoxy) is 2. The molecule has 2 heteroatoms. The summed E-state index contributed by atoms with van der Waals surface area (Å²) in [6.07, 6.45) is 2.43. The van der Waals surface area contributed by atoms with Crippen LogP contribution in [0.4, 0.5) is 0 Å². The lowest BCUT2D eigenvalue weighted by atomic mass is 10.1. The summed E-state index contributed by atoms with van der Waals surface area (Å²) in [4.78, 5) is 0. The van der Waals surface area contributed by atoms with Gasteiger partial charge < -0.3 is 9.47 Å². The standard InChI is InChI=1S/C12H15O2/c1-2-4-11(5-3-1)10-14-12-6-8-13-9-7-12/h1-2,4-5,12H,6-10H2. The van der Waals surface area contributed by atoms with Gasteiger partial charge in [-0.1, -0.05) is 18.2 Å². The summed E-state index contributed by atoms with van der Waals surface area (Å²) in [5, 5.41) is 0. The van der Waals surface area contributed by atoms with Gasteiger partial charge in [0.2, 0.25) is 0 Å². The van der Waals surface area contributed by atoms with Gasteiger partial charge >= 0.3 is 0 Å². The van der Waals surface area contributed by atoms with E-state index >= 15 is 0 Å². The normalized spacial score (nSPS) is 18.3. The van der Waals surface area contributed by atoms with E-state index in [1.807, 2.05) is 18.2 Å². The molecule has 0 saturated carbocycles. The van der Waals surface area contributed by atoms with Crippen LogP contribution in [0.1, 0.15) is 18.4 Å². The Morgan fingerprint density at radius 2 is 2.29 bits per heavy atom. The summed E-state index contributed by atoms with van der Waals surface area (Å²) in [5.74, 6) is 0. The lowest BCUT2D eigenvalue weighted by molar-refractivity contribution is -0.0390. The number of hydrogen-bond acceptors (Lipinski definition) is 2. The maximum atomic E-state index is 5.77. The van der Waals surface area contributed by atoms with E-state index in [1.165, 1.54) is 5.56 Å². The van der Waals surface area contributed by atoms with Crippen LogP contribution < -0.4 is 0 Å². The molecule has 2 rings (SSSR count). The SMILES string of the molecule is [c]1cccc(COC2CCOCC2)c1. The van der Waals surface area contributed by atoms with Crippen molar-refractivity contribution in [1.82, 2.24) is 0 Å². The van der Waals surface area contributed by atoms with Crippen LogP contribution in [0, 0.1) is 6.07 Å². The van der Waals surface area contributed by atoms with Crippen LogP contribution in [-0.4, -0.2) is 19.3 Å². The Labute approximate surface area is 84.8 Å². The highest BCUT2D eigenvalue weighted by Crippen LogP contribution is 2.12. The quantitative estimate of drug-likeness (QED) is 0.729. The number of benzene rings is 1. The Morgan fingerprint density at radius 3 is 3.00 bits per heavy atom. The molecule has 0 unspecified atom stereocenters. The minimum absolute atomic E-state index is 0.379. The Hall–Kier alpha value is -0.860. The predicted molar refractivity (Wildman–Crippen MR) is 53.9 cm³/mol. The Kier molecular flexibility index (Phi) is 3.55. The minimum Gasteiger partial charge on any atom is -0.381 e. The molecule has 0 spiro atoms. The van der Waals surface area contributed by atoms with E-state index in [9.17, 15) is 0 Å². The van der Waals surface area contributed by atoms with Gasteiger partial charge in [0.1, 0.15) is 0 Å². The molecular weight excluding hydrogens is 176 g/mol. The molecule has 2 nitrogen and oxygen atoms in total. The van der Waals surface area contributed by atoms with Gasteiger partial charge in [-0.3, -0.25) is 0 Å². The summed E-state index contributed by atoms with van der Waals surface area (Å²) >= 11 is 0. The first kappa shape index (κ1) is 9.69. The van der Waals surface area contributed by atoms with E-state index in [4.69, 9.17) is 9.47 Å². The Bertz CT molecular complexity index is 252. The van der Waals surface area contributed by atoms with Crippen molar-refractivity contribution in [3.05, 3.63) is 35.9 Å². The molecule has 1 aliphatic heterocycles. The maximum Gasteiger partial charge on any atom is 0.0720 e. The fraction of sp³-hybridized carbons (Fsp3) is 0.500. The smallest absolute Gasteiger partial charge is 0.0720 e. The zero-order chi connectivity index (χ0) is 9.64. The third-order valence-corrected chi connectivity index (χ3v) is 2.43. The molecule has 1 aliphatic rings. The molecule has 1 aromatic carbocycles. The fourth-order valence-electron chi connectivity index (χ4n) is 1.58. The fourth-order valence-corrected chi connectivity index (χ4v) is 1.58. The third kappa shape index (κ3) is 2.82. The van der Waals surface area contributed by atoms with E-state index < -0.39 is 0 Å². The second-order valence-electron chi connectivity index (χ2n) is 3.53. The summed E-state index contributed by atoms with van der Waals surface area (Å²) in [6, 6.07) is 11.0. The van der Waals surface area contributed by atoms with Crippen molar-refractivity contribution in [2.24, 2.45) is 0 Å². The van der Waals surface area contributed by atoms with Crippen molar-refractivity contribution in [2.45, 2.75) is 25.6 Å². The average molecular weight is 191 g/mol. The monoisotopic (exact) mass is 191 g/mol. The van der Waals surface area contributed by atoms with Crippen molar-refractivity contribution in [3.63, 3.8) is 0 Å². The topological polar surface area (TPSA) is 18.5 Å². The molecule has 1 heterocycles. The Balaban J connectivity index is 1.76. The highest BCUT2D eigenvalue weighted by atomic mass is 16.5. The molecular formula is C12H15O2. The van der Waals surface area contributed by atoms with Gasteiger partial charge in [-0.15, -0.1) is 0 Å². The second kappa shape index (κ2) is 5.13. The summed E-state index contributed by atoms with van der Waals surface area (Å²) < 4.78 is 11.0. The summed E-state index contributed by atoms with van der Waals surface area (Å²) in [7, 11) is 0. The van der Waals surface area contributed by atoms with Crippen molar-refractivity contribution < 1.29 is 9.47 Å². The van der Waals surface area contributed by atoms with Crippen LogP contribution in [0.5, 0.6) is 0 Å². The summed E-state index contributed by atoms with van der Waals surface area (Å²) in [6.45, 7) is 2.37. The molecule has 0 N–H and O–H groups in total. The molecule has 0 bridgehead atoms. The van der Waals surface area contributed by atoms with Crippen LogP contribution in [-0.2, 0) is 16.1 Å². The van der Waals surface area contributed by atoms with Crippen LogP contribution in [0.2, 0.25) is 0 Å². The number of hydrogen-bond donors (Lipinski definition) is 0. The Morgan fingerprint density at radius 1 is 1.43 bits per heavy atom. The van der Waals surface area contributed by atoms with E-state index in [0.717, 1.165) is 26.1 Å². The maximum absolute atomic E-state index is 5.77. The highest BCUT2D eigenvalue weighted by Gasteiger charge is 2.13. The van der Waals surface area contributed by atoms with Gasteiger partial charge in [0.05, 0.1) is 12.7 Å². The molecule has 1 saturated heterocycles. The first-order valence-corrected chi connectivity index (χ1v) is 5.09. The first-order chi connectivity index (χ1) is 6.95. The molecule has 14 heavy (non-hydrogen) atoms. The van der Waals surface area contributed by atoms with Crippen molar-refractivity contribution in [3.8, 4) is 0 Å². The van der Waals surface area contributed by atoms with Gasteiger partial charge in [0, 0.05) is 13.2 Å². The predicted octanol–water partition coefficient (Wildman–Crippen LogP) is 2.18. The van der Waals surface area contributed by atoms with Crippen LogP contribution in [0.25, 0.3) is 0 Å². The van der Waals surface area contributed by atoms with E-state index in [-0.39, 0.29) is 0 Å². The molecule has 0 aromatic heterocycles. The van der Waals surface area contributed by atoms with E-state index in [1.54, 1.807) is 0 Å². The molecule has 1 fully saturated rings. The van der Waals surface area contributed by atoms with Gasteiger partial charge in [-0.05, 0) is 30.5 Å². The average Bonchev–Trinajstić information content (AvgIpc) is 2.29. The zero-order valence-corrected chi connectivity index (χ0v) is 8.24. The van der Waals surface area contributed by atoms with Crippen molar-refractivity contribution in [1.29, 1.82) is 0 Å². The highest BCUT2D eigenvalue weighted by molar-refractivity contribution is 5.12. The number of rotatable bonds is 3. The largest absolute Gasteiger partial charge is 0.381 e. The van der Waals surface area contributed by atoms with Crippen LogP contribution in [0.3, 0.4) is 0 Å². The minimum atomic E-state index is 0.379. The van der Waals surface area contributed by atoms with Gasteiger partial charge in [0.15, 0.2) is 0 Å².